The molecule has 5 atom stereocenters. The minimum atomic E-state index is -2.20. The van der Waals surface area contributed by atoms with Crippen molar-refractivity contribution in [3.63, 3.8) is 0 Å². The van der Waals surface area contributed by atoms with E-state index in [1.807, 2.05) is 24.3 Å². The summed E-state index contributed by atoms with van der Waals surface area (Å²) in [6.45, 7) is 3.52. The molecular weight excluding hydrogens is 385 g/mol. The van der Waals surface area contributed by atoms with Crippen LogP contribution in [0.25, 0.3) is 0 Å². The van der Waals surface area contributed by atoms with Crippen LogP contribution < -0.4 is 10.5 Å². The van der Waals surface area contributed by atoms with E-state index in [2.05, 4.69) is 0 Å². The van der Waals surface area contributed by atoms with Crippen molar-refractivity contribution in [1.29, 1.82) is 0 Å². The second-order valence-electron chi connectivity index (χ2n) is 7.11. The normalized spacial score (nSPS) is 33.1. The third-order valence-electron chi connectivity index (χ3n) is 5.63. The average molecular weight is 411 g/mol. The first-order valence-electron chi connectivity index (χ1n) is 9.40. The van der Waals surface area contributed by atoms with Gasteiger partial charge >= 0.3 is 11.9 Å². The van der Waals surface area contributed by atoms with Gasteiger partial charge in [-0.3, -0.25) is 0 Å². The van der Waals surface area contributed by atoms with E-state index in [-0.39, 0.29) is 18.5 Å². The number of hydrogen-bond donors (Lipinski definition) is 1. The van der Waals surface area contributed by atoms with Crippen molar-refractivity contribution < 1.29 is 28.2 Å². The molecule has 0 heterocycles. The van der Waals surface area contributed by atoms with Crippen LogP contribution >= 0.6 is 11.8 Å². The molecule has 0 bridgehead atoms. The Labute approximate surface area is 168 Å². The molecule has 0 aromatic heterocycles. The Morgan fingerprint density at radius 1 is 1.18 bits per heavy atom. The van der Waals surface area contributed by atoms with E-state index in [1.54, 1.807) is 21.0 Å². The van der Waals surface area contributed by atoms with Gasteiger partial charge in [0.15, 0.2) is 0 Å². The molecule has 2 saturated carbocycles. The van der Waals surface area contributed by atoms with Crippen LogP contribution in [0.15, 0.2) is 24.3 Å². The van der Waals surface area contributed by atoms with Crippen molar-refractivity contribution in [2.24, 2.45) is 17.6 Å². The Bertz CT molecular complexity index is 745. The first kappa shape index (κ1) is 20.9. The largest absolute Gasteiger partial charge is 0.497 e. The number of halogens is 1. The fraction of sp³-hybridized carbons (Fsp3) is 0.600. The van der Waals surface area contributed by atoms with Crippen molar-refractivity contribution in [2.75, 3.05) is 20.3 Å². The van der Waals surface area contributed by atoms with Gasteiger partial charge in [0.1, 0.15) is 11.3 Å². The van der Waals surface area contributed by atoms with Crippen molar-refractivity contribution >= 4 is 23.7 Å². The van der Waals surface area contributed by atoms with Crippen LogP contribution in [0.1, 0.15) is 25.8 Å². The quantitative estimate of drug-likeness (QED) is 0.658. The molecule has 154 valence electrons. The summed E-state index contributed by atoms with van der Waals surface area (Å²) in [6, 6.07) is 7.58. The van der Waals surface area contributed by atoms with Crippen LogP contribution in [0.5, 0.6) is 5.75 Å². The van der Waals surface area contributed by atoms with Crippen molar-refractivity contribution in [1.82, 2.24) is 0 Å². The topological polar surface area (TPSA) is 87.9 Å². The van der Waals surface area contributed by atoms with Gasteiger partial charge in [-0.15, -0.1) is 0 Å². The van der Waals surface area contributed by atoms with Gasteiger partial charge in [-0.2, -0.15) is 11.8 Å². The average Bonchev–Trinajstić information content (AvgIpc) is 3.17. The Morgan fingerprint density at radius 2 is 1.79 bits per heavy atom. The zero-order valence-electron chi connectivity index (χ0n) is 16.3. The van der Waals surface area contributed by atoms with Gasteiger partial charge in [-0.05, 0) is 38.0 Å². The molecule has 0 saturated heterocycles. The summed E-state index contributed by atoms with van der Waals surface area (Å²) < 4.78 is 30.5. The van der Waals surface area contributed by atoms with E-state index in [1.165, 1.54) is 11.8 Å². The predicted molar refractivity (Wildman–Crippen MR) is 104 cm³/mol. The highest BCUT2D eigenvalue weighted by Crippen LogP contribution is 2.69. The third-order valence-corrected chi connectivity index (χ3v) is 7.11. The molecule has 1 aromatic carbocycles. The lowest BCUT2D eigenvalue weighted by atomic mass is 9.90. The van der Waals surface area contributed by atoms with E-state index in [0.717, 1.165) is 11.3 Å². The van der Waals surface area contributed by atoms with Crippen LogP contribution in [0.2, 0.25) is 0 Å². The monoisotopic (exact) mass is 411 g/mol. The minimum Gasteiger partial charge on any atom is -0.497 e. The maximum atomic E-state index is 15.3. The molecule has 3 rings (SSSR count). The maximum Gasteiger partial charge on any atom is 0.344 e. The number of carbonyl (C=O) groups excluding carboxylic acids is 2. The first-order chi connectivity index (χ1) is 13.3. The summed E-state index contributed by atoms with van der Waals surface area (Å²) in [6.07, 6.45) is 0.329. The van der Waals surface area contributed by atoms with E-state index in [0.29, 0.717) is 12.2 Å². The minimum absolute atomic E-state index is 0.0799. The number of nitrogens with two attached hydrogens (primary N) is 1. The summed E-state index contributed by atoms with van der Waals surface area (Å²) in [5.74, 6) is -1.75. The van der Waals surface area contributed by atoms with Crippen molar-refractivity contribution in [3.05, 3.63) is 29.8 Å². The molecule has 0 aliphatic heterocycles. The second kappa shape index (κ2) is 7.91. The Kier molecular flexibility index (Phi) is 5.91. The zero-order chi connectivity index (χ0) is 20.5. The van der Waals surface area contributed by atoms with Crippen molar-refractivity contribution in [2.45, 2.75) is 42.5 Å². The molecule has 28 heavy (non-hydrogen) atoms. The molecule has 0 radical (unpaired) electrons. The summed E-state index contributed by atoms with van der Waals surface area (Å²) in [5, 5.41) is -0.345. The molecule has 2 aliphatic carbocycles. The van der Waals surface area contributed by atoms with E-state index < -0.39 is 35.0 Å². The summed E-state index contributed by atoms with van der Waals surface area (Å²) >= 11 is 1.49. The third kappa shape index (κ3) is 3.26. The molecule has 8 heteroatoms. The van der Waals surface area contributed by atoms with Gasteiger partial charge in [-0.25, -0.2) is 14.0 Å². The number of esters is 2. The van der Waals surface area contributed by atoms with Crippen LogP contribution in [0.4, 0.5) is 4.39 Å². The van der Waals surface area contributed by atoms with E-state index in [4.69, 9.17) is 19.9 Å². The molecule has 2 N–H and O–H groups in total. The van der Waals surface area contributed by atoms with Crippen LogP contribution in [0.3, 0.4) is 0 Å². The summed E-state index contributed by atoms with van der Waals surface area (Å²) in [5.41, 5.74) is 3.75. The van der Waals surface area contributed by atoms with Gasteiger partial charge < -0.3 is 19.9 Å². The lowest BCUT2D eigenvalue weighted by Gasteiger charge is -2.33. The summed E-state index contributed by atoms with van der Waals surface area (Å²) in [4.78, 5) is 24.8. The smallest absolute Gasteiger partial charge is 0.344 e. The lowest BCUT2D eigenvalue weighted by molar-refractivity contribution is -0.156. The molecule has 0 unspecified atom stereocenters. The highest BCUT2D eigenvalue weighted by atomic mass is 32.2. The SMILES string of the molecule is CCOC(=O)[C@@]1(N)[C@H]2[C@@H](C[C@H]1SCc1ccc(OC)cc1)[C@]2(F)C(=O)OCC. The molecular formula is C20H26FNO5S. The van der Waals surface area contributed by atoms with Crippen LogP contribution in [-0.4, -0.2) is 48.7 Å². The zero-order valence-corrected chi connectivity index (χ0v) is 17.1. The lowest BCUT2D eigenvalue weighted by Crippen LogP contribution is -2.59. The van der Waals surface area contributed by atoms with Crippen LogP contribution in [-0.2, 0) is 24.8 Å². The Morgan fingerprint density at radius 3 is 2.36 bits per heavy atom. The highest BCUT2D eigenvalue weighted by molar-refractivity contribution is 7.99. The predicted octanol–water partition coefficient (Wildman–Crippen LogP) is 2.48. The van der Waals surface area contributed by atoms with Gasteiger partial charge in [-0.1, -0.05) is 12.1 Å². The molecule has 6 nitrogen and oxygen atoms in total. The molecule has 0 spiro atoms. The molecule has 0 amide bonds. The van der Waals surface area contributed by atoms with E-state index >= 15 is 4.39 Å². The maximum absolute atomic E-state index is 15.3. The Hall–Kier alpha value is -1.80. The van der Waals surface area contributed by atoms with Crippen molar-refractivity contribution in [3.8, 4) is 5.75 Å². The number of hydrogen-bond acceptors (Lipinski definition) is 7. The summed E-state index contributed by atoms with van der Waals surface area (Å²) in [7, 11) is 1.60. The van der Waals surface area contributed by atoms with Gasteiger partial charge in [0, 0.05) is 22.8 Å². The number of carbonyl (C=O) groups is 2. The molecule has 2 aliphatic rings. The first-order valence-corrected chi connectivity index (χ1v) is 10.5. The standard InChI is InChI=1S/C20H26FNO5S/c1-4-26-17(23)19(21)14-10-15(20(22,16(14)19)18(24)27-5-2)28-11-12-6-8-13(25-3)9-7-12/h6-9,14-16H,4-5,10-11,22H2,1-3H3/t14-,15-,16+,19-,20+/m1/s1. The number of ether oxygens (including phenoxy) is 3. The number of fused-ring (bicyclic) bond motifs is 1. The second-order valence-corrected chi connectivity index (χ2v) is 8.30. The van der Waals surface area contributed by atoms with Crippen LogP contribution in [0, 0.1) is 11.8 Å². The number of rotatable bonds is 8. The van der Waals surface area contributed by atoms with E-state index in [9.17, 15) is 9.59 Å². The number of benzene rings is 1. The van der Waals surface area contributed by atoms with Gasteiger partial charge in [0.05, 0.1) is 20.3 Å². The molecule has 1 aromatic rings. The van der Waals surface area contributed by atoms with Gasteiger partial charge in [0.25, 0.3) is 0 Å². The highest BCUT2D eigenvalue weighted by Gasteiger charge is 2.85. The number of alkyl halides is 1. The fourth-order valence-electron chi connectivity index (χ4n) is 4.20. The number of methoxy groups -OCH3 is 1. The fourth-order valence-corrected chi connectivity index (χ4v) is 5.65. The van der Waals surface area contributed by atoms with Gasteiger partial charge in [0.2, 0.25) is 5.67 Å². The number of thioether (sulfide) groups is 1. The molecule has 2 fully saturated rings. The Balaban J connectivity index is 1.76.